The number of rotatable bonds is 6. The highest BCUT2D eigenvalue weighted by molar-refractivity contribution is 7.99. The Morgan fingerprint density at radius 3 is 2.64 bits per heavy atom. The minimum atomic E-state index is -1.05. The molecule has 1 aliphatic heterocycles. The van der Waals surface area contributed by atoms with Crippen molar-refractivity contribution < 1.29 is 19.4 Å². The quantitative estimate of drug-likeness (QED) is 0.825. The van der Waals surface area contributed by atoms with Crippen LogP contribution in [-0.2, 0) is 16.1 Å². The summed E-state index contributed by atoms with van der Waals surface area (Å²) in [6.45, 7) is 0.112. The minimum Gasteiger partial charge on any atom is -0.480 e. The molecule has 5 nitrogen and oxygen atoms in total. The average Bonchev–Trinajstić information content (AvgIpc) is 3.03. The van der Waals surface area contributed by atoms with E-state index in [9.17, 15) is 14.7 Å². The Kier molecular flexibility index (Phi) is 5.60. The number of aliphatic carboxylic acids is 1. The van der Waals surface area contributed by atoms with Gasteiger partial charge < -0.3 is 15.2 Å². The van der Waals surface area contributed by atoms with Gasteiger partial charge in [-0.25, -0.2) is 9.59 Å². The van der Waals surface area contributed by atoms with Gasteiger partial charge in [-0.15, -0.1) is 11.8 Å². The molecule has 0 spiro atoms. The van der Waals surface area contributed by atoms with Crippen LogP contribution in [0.1, 0.15) is 23.5 Å². The smallest absolute Gasteiger partial charge is 0.408 e. The molecule has 2 aromatic carbocycles. The van der Waals surface area contributed by atoms with E-state index in [4.69, 9.17) is 4.74 Å². The van der Waals surface area contributed by atoms with E-state index in [-0.39, 0.29) is 12.5 Å². The van der Waals surface area contributed by atoms with Crippen molar-refractivity contribution in [1.82, 2.24) is 5.32 Å². The van der Waals surface area contributed by atoms with E-state index in [1.165, 1.54) is 4.90 Å². The van der Waals surface area contributed by atoms with Gasteiger partial charge in [-0.1, -0.05) is 48.5 Å². The van der Waals surface area contributed by atoms with Gasteiger partial charge in [0.05, 0.1) is 0 Å². The lowest BCUT2D eigenvalue weighted by molar-refractivity contribution is -0.139. The summed E-state index contributed by atoms with van der Waals surface area (Å²) in [5, 5.41) is 11.9. The zero-order valence-corrected chi connectivity index (χ0v) is 14.4. The van der Waals surface area contributed by atoms with Crippen molar-refractivity contribution >= 4 is 23.8 Å². The summed E-state index contributed by atoms with van der Waals surface area (Å²) in [7, 11) is 0. The number of carboxylic acid groups (broad SMARTS) is 1. The Morgan fingerprint density at radius 2 is 1.88 bits per heavy atom. The second-order valence-electron chi connectivity index (χ2n) is 5.88. The van der Waals surface area contributed by atoms with Crippen LogP contribution in [-0.4, -0.2) is 29.0 Å². The Bertz CT molecular complexity index is 750. The highest BCUT2D eigenvalue weighted by atomic mass is 32.2. The molecular formula is C19H19NO4S. The summed E-state index contributed by atoms with van der Waals surface area (Å²) in [6, 6.07) is 16.3. The average molecular weight is 357 g/mol. The zero-order valence-electron chi connectivity index (χ0n) is 13.6. The summed E-state index contributed by atoms with van der Waals surface area (Å²) in [5.74, 6) is -0.119. The molecule has 1 aliphatic rings. The van der Waals surface area contributed by atoms with Crippen molar-refractivity contribution in [2.45, 2.75) is 29.9 Å². The fourth-order valence-electron chi connectivity index (χ4n) is 2.84. The minimum absolute atomic E-state index is 0.108. The molecule has 0 aliphatic carbocycles. The lowest BCUT2D eigenvalue weighted by atomic mass is 9.94. The van der Waals surface area contributed by atoms with Crippen molar-refractivity contribution in [3.05, 3.63) is 65.7 Å². The number of fused-ring (bicyclic) bond motifs is 1. The van der Waals surface area contributed by atoms with Gasteiger partial charge in [-0.2, -0.15) is 0 Å². The van der Waals surface area contributed by atoms with Crippen LogP contribution in [0, 0.1) is 0 Å². The van der Waals surface area contributed by atoms with Gasteiger partial charge in [0.25, 0.3) is 0 Å². The van der Waals surface area contributed by atoms with Gasteiger partial charge in [0.1, 0.15) is 12.6 Å². The van der Waals surface area contributed by atoms with Gasteiger partial charge in [-0.3, -0.25) is 0 Å². The number of hydrogen-bond donors (Lipinski definition) is 2. The van der Waals surface area contributed by atoms with Crippen LogP contribution in [0.3, 0.4) is 0 Å². The van der Waals surface area contributed by atoms with Crippen molar-refractivity contribution in [3.63, 3.8) is 0 Å². The van der Waals surface area contributed by atoms with Crippen molar-refractivity contribution in [1.29, 1.82) is 0 Å². The second kappa shape index (κ2) is 8.07. The molecular weight excluding hydrogens is 338 g/mol. The van der Waals surface area contributed by atoms with Crippen LogP contribution < -0.4 is 5.32 Å². The number of benzene rings is 2. The molecule has 1 amide bonds. The predicted molar refractivity (Wildman–Crippen MR) is 95.7 cm³/mol. The zero-order chi connectivity index (χ0) is 17.6. The third kappa shape index (κ3) is 4.54. The first-order valence-corrected chi connectivity index (χ1v) is 9.04. The molecule has 0 saturated heterocycles. The number of ether oxygens (including phenoxy) is 1. The topological polar surface area (TPSA) is 75.6 Å². The largest absolute Gasteiger partial charge is 0.480 e. The van der Waals surface area contributed by atoms with Gasteiger partial charge >= 0.3 is 12.1 Å². The molecule has 3 rings (SSSR count). The molecule has 0 radical (unpaired) electrons. The molecule has 2 aromatic rings. The highest BCUT2D eigenvalue weighted by Crippen LogP contribution is 2.41. The molecule has 2 atom stereocenters. The van der Waals surface area contributed by atoms with Crippen LogP contribution in [0.4, 0.5) is 4.79 Å². The first-order chi connectivity index (χ1) is 12.1. The van der Waals surface area contributed by atoms with Crippen LogP contribution in [0.25, 0.3) is 0 Å². The molecule has 0 saturated carbocycles. The SMILES string of the molecule is O=C(NC(CC1CSc2ccccc21)C(=O)O)OCc1ccccc1. The normalized spacial score (nSPS) is 16.7. The predicted octanol–water partition coefficient (Wildman–Crippen LogP) is 3.65. The first-order valence-electron chi connectivity index (χ1n) is 8.05. The van der Waals surface area contributed by atoms with E-state index < -0.39 is 18.1 Å². The lowest BCUT2D eigenvalue weighted by Crippen LogP contribution is -2.42. The summed E-state index contributed by atoms with van der Waals surface area (Å²) >= 11 is 1.72. The maximum absolute atomic E-state index is 11.9. The number of carboxylic acids is 1. The van der Waals surface area contributed by atoms with Gasteiger partial charge in [-0.05, 0) is 29.5 Å². The van der Waals surface area contributed by atoms with Crippen molar-refractivity contribution in [2.24, 2.45) is 0 Å². The Labute approximate surface area is 150 Å². The fourth-order valence-corrected chi connectivity index (χ4v) is 4.11. The van der Waals surface area contributed by atoms with Gasteiger partial charge in [0.15, 0.2) is 0 Å². The van der Waals surface area contributed by atoms with Crippen LogP contribution in [0.5, 0.6) is 0 Å². The first kappa shape index (κ1) is 17.4. The van der Waals surface area contributed by atoms with Crippen molar-refractivity contribution in [2.75, 3.05) is 5.75 Å². The van der Waals surface area contributed by atoms with Crippen molar-refractivity contribution in [3.8, 4) is 0 Å². The van der Waals surface area contributed by atoms with E-state index in [2.05, 4.69) is 5.32 Å². The highest BCUT2D eigenvalue weighted by Gasteiger charge is 2.30. The molecule has 130 valence electrons. The number of thioether (sulfide) groups is 1. The maximum Gasteiger partial charge on any atom is 0.408 e. The number of alkyl carbamates (subject to hydrolysis) is 1. The van der Waals surface area contributed by atoms with Gasteiger partial charge in [0.2, 0.25) is 0 Å². The number of hydrogen-bond acceptors (Lipinski definition) is 4. The van der Waals surface area contributed by atoms with E-state index >= 15 is 0 Å². The molecule has 1 heterocycles. The third-order valence-electron chi connectivity index (χ3n) is 4.12. The monoisotopic (exact) mass is 357 g/mol. The Morgan fingerprint density at radius 1 is 1.16 bits per heavy atom. The van der Waals surface area contributed by atoms with E-state index in [0.717, 1.165) is 16.9 Å². The van der Waals surface area contributed by atoms with Crippen LogP contribution >= 0.6 is 11.8 Å². The lowest BCUT2D eigenvalue weighted by Gasteiger charge is -2.18. The summed E-state index contributed by atoms with van der Waals surface area (Å²) in [4.78, 5) is 24.7. The number of carbonyl (C=O) groups is 2. The standard InChI is InChI=1S/C19H19NO4S/c21-18(22)16(10-14-12-25-17-9-5-4-8-15(14)17)20-19(23)24-11-13-6-2-1-3-7-13/h1-9,14,16H,10-12H2,(H,20,23)(H,21,22). The molecule has 0 aromatic heterocycles. The molecule has 6 heteroatoms. The van der Waals surface area contributed by atoms with E-state index in [1.807, 2.05) is 54.6 Å². The molecule has 2 unspecified atom stereocenters. The maximum atomic E-state index is 11.9. The third-order valence-corrected chi connectivity index (χ3v) is 5.37. The van der Waals surface area contributed by atoms with Gasteiger partial charge in [0, 0.05) is 10.6 Å². The number of carbonyl (C=O) groups excluding carboxylic acids is 1. The molecule has 0 bridgehead atoms. The summed E-state index contributed by atoms with van der Waals surface area (Å²) in [6.07, 6.45) is -0.366. The molecule has 25 heavy (non-hydrogen) atoms. The van der Waals surface area contributed by atoms with Crippen LogP contribution in [0.15, 0.2) is 59.5 Å². The summed E-state index contributed by atoms with van der Waals surface area (Å²) < 4.78 is 5.12. The fraction of sp³-hybridized carbons (Fsp3) is 0.263. The Hall–Kier alpha value is -2.47. The Balaban J connectivity index is 1.57. The van der Waals surface area contributed by atoms with E-state index in [0.29, 0.717) is 6.42 Å². The number of nitrogens with one attached hydrogen (secondary N) is 1. The van der Waals surface area contributed by atoms with E-state index in [1.54, 1.807) is 11.8 Å². The second-order valence-corrected chi connectivity index (χ2v) is 6.94. The van der Waals surface area contributed by atoms with Crippen LogP contribution in [0.2, 0.25) is 0 Å². The number of amides is 1. The molecule has 2 N–H and O–H groups in total. The molecule has 0 fully saturated rings. The summed E-state index contributed by atoms with van der Waals surface area (Å²) in [5.41, 5.74) is 2.00.